The van der Waals surface area contributed by atoms with Crippen LogP contribution in [0.3, 0.4) is 0 Å². The van der Waals surface area contributed by atoms with E-state index in [9.17, 15) is 0 Å². The Bertz CT molecular complexity index is 213. The lowest BCUT2D eigenvalue weighted by molar-refractivity contribution is 0.177. The largest absolute Gasteiger partial charge is 0.314 e. The van der Waals surface area contributed by atoms with Gasteiger partial charge in [0.1, 0.15) is 0 Å². The van der Waals surface area contributed by atoms with Gasteiger partial charge < -0.3 is 10.2 Å². The smallest absolute Gasteiger partial charge is 0.00418 e. The molecule has 19 heavy (non-hydrogen) atoms. The van der Waals surface area contributed by atoms with Gasteiger partial charge in [-0.25, -0.2) is 0 Å². The summed E-state index contributed by atoms with van der Waals surface area (Å²) in [7, 11) is 0. The molecule has 0 bridgehead atoms. The predicted octanol–water partition coefficient (Wildman–Crippen LogP) is 3.77. The molecule has 1 rings (SSSR count). The first-order valence-electron chi connectivity index (χ1n) is 8.43. The van der Waals surface area contributed by atoms with Crippen LogP contribution in [0.1, 0.15) is 60.3 Å². The van der Waals surface area contributed by atoms with E-state index in [0.29, 0.717) is 0 Å². The Kier molecular flexibility index (Phi) is 8.01. The predicted molar refractivity (Wildman–Crippen MR) is 85.5 cm³/mol. The Balaban J connectivity index is 2.37. The van der Waals surface area contributed by atoms with E-state index in [0.717, 1.165) is 23.8 Å². The van der Waals surface area contributed by atoms with Gasteiger partial charge in [-0.2, -0.15) is 0 Å². The molecule has 0 aromatic rings. The topological polar surface area (TPSA) is 15.3 Å². The second-order valence-corrected chi connectivity index (χ2v) is 7.41. The SMILES string of the molecule is CC(C)CCN(CCC(C)C)CC1CCNC(C)C1. The van der Waals surface area contributed by atoms with Gasteiger partial charge in [-0.1, -0.05) is 27.7 Å². The van der Waals surface area contributed by atoms with Gasteiger partial charge in [-0.3, -0.25) is 0 Å². The van der Waals surface area contributed by atoms with Gasteiger partial charge in [0, 0.05) is 12.6 Å². The van der Waals surface area contributed by atoms with Crippen molar-refractivity contribution in [3.63, 3.8) is 0 Å². The summed E-state index contributed by atoms with van der Waals surface area (Å²) < 4.78 is 0. The lowest BCUT2D eigenvalue weighted by Crippen LogP contribution is -2.41. The van der Waals surface area contributed by atoms with E-state index < -0.39 is 0 Å². The van der Waals surface area contributed by atoms with E-state index >= 15 is 0 Å². The molecule has 2 unspecified atom stereocenters. The van der Waals surface area contributed by atoms with Gasteiger partial charge in [-0.05, 0) is 70.0 Å². The fourth-order valence-corrected chi connectivity index (χ4v) is 2.94. The summed E-state index contributed by atoms with van der Waals surface area (Å²) in [5.41, 5.74) is 0. The summed E-state index contributed by atoms with van der Waals surface area (Å²) in [6, 6.07) is 0.718. The number of nitrogens with one attached hydrogen (secondary N) is 1. The van der Waals surface area contributed by atoms with Crippen LogP contribution in [0.25, 0.3) is 0 Å². The first-order chi connectivity index (χ1) is 8.97. The maximum absolute atomic E-state index is 3.57. The third-order valence-electron chi connectivity index (χ3n) is 4.29. The van der Waals surface area contributed by atoms with Crippen LogP contribution >= 0.6 is 0 Å². The van der Waals surface area contributed by atoms with Crippen LogP contribution in [0.2, 0.25) is 0 Å². The van der Waals surface area contributed by atoms with E-state index in [2.05, 4.69) is 44.8 Å². The van der Waals surface area contributed by atoms with E-state index in [1.54, 1.807) is 0 Å². The molecule has 114 valence electrons. The normalized spacial score (nSPS) is 24.6. The minimum Gasteiger partial charge on any atom is -0.314 e. The average molecular weight is 268 g/mol. The third-order valence-corrected chi connectivity index (χ3v) is 4.29. The number of hydrogen-bond donors (Lipinski definition) is 1. The summed E-state index contributed by atoms with van der Waals surface area (Å²) in [5, 5.41) is 3.57. The van der Waals surface area contributed by atoms with Crippen molar-refractivity contribution < 1.29 is 0 Å². The molecule has 1 N–H and O–H groups in total. The van der Waals surface area contributed by atoms with Crippen LogP contribution in [0.4, 0.5) is 0 Å². The van der Waals surface area contributed by atoms with Crippen LogP contribution in [0.5, 0.6) is 0 Å². The molecule has 0 aromatic heterocycles. The van der Waals surface area contributed by atoms with Crippen molar-refractivity contribution in [1.82, 2.24) is 10.2 Å². The van der Waals surface area contributed by atoms with Gasteiger partial charge in [-0.15, -0.1) is 0 Å². The Labute approximate surface area is 121 Å². The van der Waals surface area contributed by atoms with Crippen molar-refractivity contribution in [3.05, 3.63) is 0 Å². The van der Waals surface area contributed by atoms with Gasteiger partial charge in [0.05, 0.1) is 0 Å². The summed E-state index contributed by atoms with van der Waals surface area (Å²) in [6.45, 7) is 16.8. The lowest BCUT2D eigenvalue weighted by atomic mass is 9.92. The molecule has 1 aliphatic heterocycles. The zero-order valence-electron chi connectivity index (χ0n) is 13.9. The molecule has 2 atom stereocenters. The zero-order valence-corrected chi connectivity index (χ0v) is 13.9. The van der Waals surface area contributed by atoms with Gasteiger partial charge >= 0.3 is 0 Å². The molecule has 0 amide bonds. The summed E-state index contributed by atoms with van der Waals surface area (Å²) in [6.07, 6.45) is 5.42. The highest BCUT2D eigenvalue weighted by atomic mass is 15.1. The van der Waals surface area contributed by atoms with Crippen LogP contribution < -0.4 is 5.32 Å². The molecule has 0 spiro atoms. The first kappa shape index (κ1) is 17.0. The Morgan fingerprint density at radius 2 is 1.63 bits per heavy atom. The van der Waals surface area contributed by atoms with Crippen molar-refractivity contribution in [2.45, 2.75) is 66.3 Å². The molecule has 1 heterocycles. The van der Waals surface area contributed by atoms with Crippen LogP contribution in [-0.4, -0.2) is 37.1 Å². The van der Waals surface area contributed by atoms with Crippen molar-refractivity contribution in [2.24, 2.45) is 17.8 Å². The van der Waals surface area contributed by atoms with E-state index in [-0.39, 0.29) is 0 Å². The maximum atomic E-state index is 3.57. The monoisotopic (exact) mass is 268 g/mol. The molecule has 1 saturated heterocycles. The Hall–Kier alpha value is -0.0800. The Morgan fingerprint density at radius 3 is 2.11 bits per heavy atom. The highest BCUT2D eigenvalue weighted by molar-refractivity contribution is 4.78. The summed E-state index contributed by atoms with van der Waals surface area (Å²) in [4.78, 5) is 2.74. The van der Waals surface area contributed by atoms with E-state index in [4.69, 9.17) is 0 Å². The van der Waals surface area contributed by atoms with Crippen molar-refractivity contribution in [1.29, 1.82) is 0 Å². The van der Waals surface area contributed by atoms with Crippen molar-refractivity contribution in [3.8, 4) is 0 Å². The molecule has 0 aromatic carbocycles. The molecule has 2 nitrogen and oxygen atoms in total. The second kappa shape index (κ2) is 8.97. The van der Waals surface area contributed by atoms with Crippen LogP contribution in [0, 0.1) is 17.8 Å². The van der Waals surface area contributed by atoms with E-state index in [1.807, 2.05) is 0 Å². The zero-order chi connectivity index (χ0) is 14.3. The Morgan fingerprint density at radius 1 is 1.05 bits per heavy atom. The number of piperidine rings is 1. The third kappa shape index (κ3) is 7.94. The van der Waals surface area contributed by atoms with Gasteiger partial charge in [0.2, 0.25) is 0 Å². The number of hydrogen-bond acceptors (Lipinski definition) is 2. The standard InChI is InChI=1S/C17H36N2/c1-14(2)7-10-19(11-8-15(3)4)13-17-6-9-18-16(5)12-17/h14-18H,6-13H2,1-5H3. The summed E-state index contributed by atoms with van der Waals surface area (Å²) in [5.74, 6) is 2.57. The quantitative estimate of drug-likeness (QED) is 0.721. The second-order valence-electron chi connectivity index (χ2n) is 7.41. The maximum Gasteiger partial charge on any atom is 0.00418 e. The molecular weight excluding hydrogens is 232 g/mol. The molecular formula is C17H36N2. The number of rotatable bonds is 8. The molecule has 0 radical (unpaired) electrons. The molecule has 2 heteroatoms. The summed E-state index contributed by atoms with van der Waals surface area (Å²) >= 11 is 0. The fourth-order valence-electron chi connectivity index (χ4n) is 2.94. The molecule has 1 aliphatic rings. The van der Waals surface area contributed by atoms with Crippen LogP contribution in [-0.2, 0) is 0 Å². The van der Waals surface area contributed by atoms with Gasteiger partial charge in [0.25, 0.3) is 0 Å². The van der Waals surface area contributed by atoms with E-state index in [1.165, 1.54) is 51.9 Å². The van der Waals surface area contributed by atoms with Crippen LogP contribution in [0.15, 0.2) is 0 Å². The minimum atomic E-state index is 0.718. The lowest BCUT2D eigenvalue weighted by Gasteiger charge is -2.33. The minimum absolute atomic E-state index is 0.718. The van der Waals surface area contributed by atoms with Gasteiger partial charge in [0.15, 0.2) is 0 Å². The molecule has 0 aliphatic carbocycles. The highest BCUT2D eigenvalue weighted by Crippen LogP contribution is 2.18. The fraction of sp³-hybridized carbons (Fsp3) is 1.00. The molecule has 0 saturated carbocycles. The highest BCUT2D eigenvalue weighted by Gasteiger charge is 2.20. The molecule has 1 fully saturated rings. The number of nitrogens with zero attached hydrogens (tertiary/aromatic N) is 1. The average Bonchev–Trinajstić information content (AvgIpc) is 2.32. The van der Waals surface area contributed by atoms with Crippen molar-refractivity contribution in [2.75, 3.05) is 26.2 Å². The first-order valence-corrected chi connectivity index (χ1v) is 8.43. The van der Waals surface area contributed by atoms with Crippen molar-refractivity contribution >= 4 is 0 Å².